The topological polar surface area (TPSA) is 60.4 Å². The van der Waals surface area contributed by atoms with Crippen LogP contribution in [0.3, 0.4) is 0 Å². The van der Waals surface area contributed by atoms with E-state index >= 15 is 0 Å². The molecule has 0 saturated carbocycles. The maximum atomic E-state index is 11.5. The van der Waals surface area contributed by atoms with Crippen molar-refractivity contribution in [2.24, 2.45) is 12.0 Å². The quantitative estimate of drug-likeness (QED) is 0.666. The lowest BCUT2D eigenvalue weighted by Crippen LogP contribution is -2.10. The maximum Gasteiger partial charge on any atom is 0.190 e. The smallest absolute Gasteiger partial charge is 0.190 e. The molecule has 1 aromatic carbocycles. The number of thiazole rings is 1. The van der Waals surface area contributed by atoms with Gasteiger partial charge < -0.3 is 10.3 Å². The standard InChI is InChI=1S/C13H15N3OS/c1-8-12(9(2)17)18-13(16(8)3)15-11-6-4-10(14)5-7-11/h4-7H,14H2,1-3H3. The van der Waals surface area contributed by atoms with Gasteiger partial charge in [0.1, 0.15) is 0 Å². The van der Waals surface area contributed by atoms with Crippen molar-refractivity contribution in [1.29, 1.82) is 0 Å². The Morgan fingerprint density at radius 3 is 2.44 bits per heavy atom. The van der Waals surface area contributed by atoms with E-state index < -0.39 is 0 Å². The van der Waals surface area contributed by atoms with Crippen molar-refractivity contribution in [3.05, 3.63) is 39.6 Å². The number of ketones is 1. The second-order valence-corrected chi connectivity index (χ2v) is 5.10. The third-order valence-corrected chi connectivity index (χ3v) is 4.08. The van der Waals surface area contributed by atoms with E-state index in [0.29, 0.717) is 5.69 Å². The fraction of sp³-hybridized carbons (Fsp3) is 0.231. The molecule has 0 aliphatic carbocycles. The van der Waals surface area contributed by atoms with Gasteiger partial charge in [0.2, 0.25) is 0 Å². The molecule has 0 aliphatic heterocycles. The van der Waals surface area contributed by atoms with Crippen molar-refractivity contribution in [3.8, 4) is 0 Å². The number of Topliss-reactive ketones (excluding diaryl/α,β-unsaturated/α-hetero) is 1. The molecule has 5 heteroatoms. The summed E-state index contributed by atoms with van der Waals surface area (Å²) in [5.74, 6) is 0.0758. The van der Waals surface area contributed by atoms with E-state index in [1.54, 1.807) is 6.92 Å². The summed E-state index contributed by atoms with van der Waals surface area (Å²) in [6.07, 6.45) is 0. The SMILES string of the molecule is CC(=O)c1sc(=Nc2ccc(N)cc2)n(C)c1C. The molecule has 0 spiro atoms. The first-order chi connectivity index (χ1) is 8.49. The number of nitrogens with two attached hydrogens (primary N) is 1. The molecule has 2 aromatic rings. The number of carbonyl (C=O) groups is 1. The third-order valence-electron chi connectivity index (χ3n) is 2.75. The summed E-state index contributed by atoms with van der Waals surface area (Å²) in [6, 6.07) is 7.34. The van der Waals surface area contributed by atoms with Crippen LogP contribution in [-0.4, -0.2) is 10.4 Å². The third kappa shape index (κ3) is 2.36. The molecule has 1 aromatic heterocycles. The van der Waals surface area contributed by atoms with Crippen molar-refractivity contribution in [2.75, 3.05) is 5.73 Å². The second-order valence-electron chi connectivity index (χ2n) is 4.12. The summed E-state index contributed by atoms with van der Waals surface area (Å²) < 4.78 is 1.93. The van der Waals surface area contributed by atoms with Crippen LogP contribution < -0.4 is 10.5 Å². The summed E-state index contributed by atoms with van der Waals surface area (Å²) >= 11 is 1.41. The molecule has 2 rings (SSSR count). The van der Waals surface area contributed by atoms with Crippen molar-refractivity contribution in [1.82, 2.24) is 4.57 Å². The van der Waals surface area contributed by atoms with Gasteiger partial charge >= 0.3 is 0 Å². The number of nitrogens with zero attached hydrogens (tertiary/aromatic N) is 2. The molecular formula is C13H15N3OS. The highest BCUT2D eigenvalue weighted by atomic mass is 32.1. The number of carbonyl (C=O) groups excluding carboxylic acids is 1. The zero-order valence-electron chi connectivity index (χ0n) is 10.6. The van der Waals surface area contributed by atoms with Crippen LogP contribution in [-0.2, 0) is 7.05 Å². The van der Waals surface area contributed by atoms with Crippen molar-refractivity contribution in [2.45, 2.75) is 13.8 Å². The first-order valence-electron chi connectivity index (χ1n) is 5.56. The summed E-state index contributed by atoms with van der Waals surface area (Å²) in [5, 5.41) is 0. The van der Waals surface area contributed by atoms with Crippen LogP contribution in [0.1, 0.15) is 22.3 Å². The minimum Gasteiger partial charge on any atom is -0.399 e. The number of aromatic nitrogens is 1. The van der Waals surface area contributed by atoms with E-state index in [9.17, 15) is 4.79 Å². The van der Waals surface area contributed by atoms with Crippen LogP contribution in [0.15, 0.2) is 29.3 Å². The predicted octanol–water partition coefficient (Wildman–Crippen LogP) is 2.41. The lowest BCUT2D eigenvalue weighted by molar-refractivity contribution is 0.102. The first-order valence-corrected chi connectivity index (χ1v) is 6.38. The van der Waals surface area contributed by atoms with E-state index in [2.05, 4.69) is 4.99 Å². The summed E-state index contributed by atoms with van der Waals surface area (Å²) in [6.45, 7) is 3.50. The van der Waals surface area contributed by atoms with Crippen LogP contribution in [0, 0.1) is 6.92 Å². The Bertz CT molecular complexity index is 650. The van der Waals surface area contributed by atoms with Gasteiger partial charge in [-0.05, 0) is 31.2 Å². The van der Waals surface area contributed by atoms with Crippen LogP contribution >= 0.6 is 11.3 Å². The maximum absolute atomic E-state index is 11.5. The molecule has 0 unspecified atom stereocenters. The van der Waals surface area contributed by atoms with Gasteiger partial charge in [0.25, 0.3) is 0 Å². The van der Waals surface area contributed by atoms with Crippen LogP contribution in [0.4, 0.5) is 11.4 Å². The van der Waals surface area contributed by atoms with Crippen molar-refractivity contribution in [3.63, 3.8) is 0 Å². The normalized spacial score (nSPS) is 11.8. The van der Waals surface area contributed by atoms with Gasteiger partial charge in [0.05, 0.1) is 10.6 Å². The van der Waals surface area contributed by atoms with Crippen LogP contribution in [0.2, 0.25) is 0 Å². The molecule has 1 heterocycles. The molecule has 0 saturated heterocycles. The van der Waals surface area contributed by atoms with E-state index in [1.165, 1.54) is 11.3 Å². The van der Waals surface area contributed by atoms with Gasteiger partial charge in [0.15, 0.2) is 10.6 Å². The fourth-order valence-electron chi connectivity index (χ4n) is 1.61. The Balaban J connectivity index is 2.54. The van der Waals surface area contributed by atoms with E-state index in [-0.39, 0.29) is 5.78 Å². The number of hydrogen-bond acceptors (Lipinski definition) is 4. The highest BCUT2D eigenvalue weighted by Crippen LogP contribution is 2.16. The molecule has 18 heavy (non-hydrogen) atoms. The number of rotatable bonds is 2. The van der Waals surface area contributed by atoms with Gasteiger partial charge in [-0.15, -0.1) is 0 Å². The molecule has 0 fully saturated rings. The molecule has 0 bridgehead atoms. The molecule has 94 valence electrons. The van der Waals surface area contributed by atoms with Crippen molar-refractivity contribution >= 4 is 28.5 Å². The zero-order chi connectivity index (χ0) is 13.3. The summed E-state index contributed by atoms with van der Waals surface area (Å²) in [7, 11) is 1.91. The Hall–Kier alpha value is -1.88. The highest BCUT2D eigenvalue weighted by molar-refractivity contribution is 7.11. The van der Waals surface area contributed by atoms with E-state index in [0.717, 1.165) is 21.1 Å². The Morgan fingerprint density at radius 2 is 1.94 bits per heavy atom. The second kappa shape index (κ2) is 4.78. The summed E-state index contributed by atoms with van der Waals surface area (Å²) in [5.41, 5.74) is 8.12. The van der Waals surface area contributed by atoms with E-state index in [4.69, 9.17) is 5.73 Å². The average molecular weight is 261 g/mol. The van der Waals surface area contributed by atoms with Gasteiger partial charge in [-0.1, -0.05) is 11.3 Å². The Kier molecular flexibility index (Phi) is 3.34. The zero-order valence-corrected chi connectivity index (χ0v) is 11.4. The van der Waals surface area contributed by atoms with Gasteiger partial charge in [0, 0.05) is 25.4 Å². The van der Waals surface area contributed by atoms with Crippen molar-refractivity contribution < 1.29 is 4.79 Å². The average Bonchev–Trinajstić information content (AvgIpc) is 2.60. The Morgan fingerprint density at radius 1 is 1.33 bits per heavy atom. The van der Waals surface area contributed by atoms with Gasteiger partial charge in [-0.2, -0.15) is 0 Å². The molecule has 2 N–H and O–H groups in total. The number of hydrogen-bond donors (Lipinski definition) is 1. The van der Waals surface area contributed by atoms with Gasteiger partial charge in [-0.25, -0.2) is 4.99 Å². The Labute approximate surface area is 109 Å². The monoisotopic (exact) mass is 261 g/mol. The molecule has 0 amide bonds. The molecule has 0 aliphatic rings. The lowest BCUT2D eigenvalue weighted by Gasteiger charge is -1.97. The number of benzene rings is 1. The van der Waals surface area contributed by atoms with Crippen LogP contribution in [0.5, 0.6) is 0 Å². The predicted molar refractivity (Wildman–Crippen MR) is 74.1 cm³/mol. The fourth-order valence-corrected chi connectivity index (χ4v) is 2.65. The highest BCUT2D eigenvalue weighted by Gasteiger charge is 2.10. The minimum absolute atomic E-state index is 0.0758. The largest absolute Gasteiger partial charge is 0.399 e. The van der Waals surface area contributed by atoms with E-state index in [1.807, 2.05) is 42.8 Å². The molecule has 0 radical (unpaired) electrons. The molecule has 0 atom stereocenters. The lowest BCUT2D eigenvalue weighted by atomic mass is 10.3. The van der Waals surface area contributed by atoms with Crippen LogP contribution in [0.25, 0.3) is 0 Å². The molecular weight excluding hydrogens is 246 g/mol. The van der Waals surface area contributed by atoms with Gasteiger partial charge in [-0.3, -0.25) is 4.79 Å². The number of anilines is 1. The number of nitrogen functional groups attached to an aromatic ring is 1. The molecule has 4 nitrogen and oxygen atoms in total. The summed E-state index contributed by atoms with van der Waals surface area (Å²) in [4.78, 5) is 17.6. The minimum atomic E-state index is 0.0758. The first kappa shape index (κ1) is 12.6.